The summed E-state index contributed by atoms with van der Waals surface area (Å²) < 4.78 is 1.99. The maximum Gasteiger partial charge on any atom is 0.271 e. The van der Waals surface area contributed by atoms with Crippen LogP contribution in [-0.4, -0.2) is 50.4 Å². The van der Waals surface area contributed by atoms with Crippen molar-refractivity contribution in [1.82, 2.24) is 30.2 Å². The van der Waals surface area contributed by atoms with E-state index in [4.69, 9.17) is 0 Å². The Bertz CT molecular complexity index is 704. The van der Waals surface area contributed by atoms with Crippen LogP contribution in [0.3, 0.4) is 0 Å². The molecule has 1 amide bonds. The molecule has 1 aliphatic heterocycles. The highest BCUT2D eigenvalue weighted by atomic mass is 16.1. The number of aromatic nitrogens is 4. The summed E-state index contributed by atoms with van der Waals surface area (Å²) in [6, 6.07) is 1.77. The number of nitrogens with one attached hydrogen (secondary N) is 2. The van der Waals surface area contributed by atoms with Crippen LogP contribution in [0.4, 0.5) is 0 Å². The topological polar surface area (TPSA) is 78.8 Å². The zero-order valence-corrected chi connectivity index (χ0v) is 14.7. The monoisotopic (exact) mass is 330 g/mol. The summed E-state index contributed by atoms with van der Waals surface area (Å²) in [6.45, 7) is 10.7. The number of H-pyrrole nitrogens is 1. The number of likely N-dealkylation sites (tertiary alicyclic amines) is 1. The molecule has 1 fully saturated rings. The number of rotatable bonds is 6. The van der Waals surface area contributed by atoms with Crippen LogP contribution in [0.25, 0.3) is 0 Å². The summed E-state index contributed by atoms with van der Waals surface area (Å²) >= 11 is 0. The van der Waals surface area contributed by atoms with Gasteiger partial charge >= 0.3 is 0 Å². The molecule has 2 aromatic rings. The largest absolute Gasteiger partial charge is 0.350 e. The van der Waals surface area contributed by atoms with Crippen molar-refractivity contribution in [2.24, 2.45) is 5.92 Å². The van der Waals surface area contributed by atoms with E-state index in [1.807, 2.05) is 11.6 Å². The molecule has 7 heteroatoms. The lowest BCUT2D eigenvalue weighted by molar-refractivity contribution is 0.0942. The number of aromatic amines is 1. The van der Waals surface area contributed by atoms with Crippen molar-refractivity contribution >= 4 is 5.91 Å². The quantitative estimate of drug-likeness (QED) is 0.841. The molecular weight excluding hydrogens is 304 g/mol. The standard InChI is InChI=1S/C17H26N6O/c1-4-23-11-15(13(3)21-23)10-22-6-5-14(9-22)8-18-17(24)16-7-12(2)19-20-16/h7,11,14H,4-6,8-10H2,1-3H3,(H,18,24)(H,19,20)/t14-/m0/s1. The molecule has 0 aromatic carbocycles. The van der Waals surface area contributed by atoms with E-state index in [-0.39, 0.29) is 5.91 Å². The van der Waals surface area contributed by atoms with Crippen LogP contribution in [0.1, 0.15) is 40.8 Å². The molecule has 2 N–H and O–H groups in total. The third kappa shape index (κ3) is 3.84. The van der Waals surface area contributed by atoms with E-state index in [2.05, 4.69) is 45.6 Å². The van der Waals surface area contributed by atoms with Crippen molar-refractivity contribution in [1.29, 1.82) is 0 Å². The number of aryl methyl sites for hydroxylation is 3. The van der Waals surface area contributed by atoms with Gasteiger partial charge in [-0.25, -0.2) is 0 Å². The van der Waals surface area contributed by atoms with Crippen LogP contribution in [-0.2, 0) is 13.1 Å². The van der Waals surface area contributed by atoms with E-state index < -0.39 is 0 Å². The van der Waals surface area contributed by atoms with Gasteiger partial charge < -0.3 is 5.32 Å². The fourth-order valence-corrected chi connectivity index (χ4v) is 3.20. The van der Waals surface area contributed by atoms with Gasteiger partial charge in [0, 0.05) is 43.6 Å². The van der Waals surface area contributed by atoms with Gasteiger partial charge in [-0.1, -0.05) is 0 Å². The van der Waals surface area contributed by atoms with Crippen LogP contribution >= 0.6 is 0 Å². The molecule has 3 heterocycles. The van der Waals surface area contributed by atoms with Gasteiger partial charge in [-0.3, -0.25) is 19.5 Å². The summed E-state index contributed by atoms with van der Waals surface area (Å²) in [5.41, 5.74) is 3.77. The maximum absolute atomic E-state index is 12.0. The van der Waals surface area contributed by atoms with Crippen molar-refractivity contribution in [3.8, 4) is 0 Å². The molecule has 3 rings (SSSR count). The summed E-state index contributed by atoms with van der Waals surface area (Å²) in [6.07, 6.45) is 3.26. The van der Waals surface area contributed by atoms with E-state index in [0.717, 1.165) is 44.0 Å². The highest BCUT2D eigenvalue weighted by molar-refractivity contribution is 5.92. The number of nitrogens with zero attached hydrogens (tertiary/aromatic N) is 4. The first-order chi connectivity index (χ1) is 11.5. The van der Waals surface area contributed by atoms with Crippen LogP contribution in [0.5, 0.6) is 0 Å². The third-order valence-corrected chi connectivity index (χ3v) is 4.63. The minimum absolute atomic E-state index is 0.0992. The Hall–Kier alpha value is -2.15. The second kappa shape index (κ2) is 7.17. The van der Waals surface area contributed by atoms with Crippen LogP contribution in [0.15, 0.2) is 12.3 Å². The molecule has 130 valence electrons. The first-order valence-corrected chi connectivity index (χ1v) is 8.60. The zero-order valence-electron chi connectivity index (χ0n) is 14.7. The second-order valence-electron chi connectivity index (χ2n) is 6.63. The van der Waals surface area contributed by atoms with Crippen molar-refractivity contribution < 1.29 is 4.79 Å². The Balaban J connectivity index is 1.47. The lowest BCUT2D eigenvalue weighted by Gasteiger charge is -2.15. The number of amides is 1. The minimum atomic E-state index is -0.0992. The van der Waals surface area contributed by atoms with Crippen LogP contribution in [0.2, 0.25) is 0 Å². The van der Waals surface area contributed by atoms with E-state index >= 15 is 0 Å². The SMILES string of the molecule is CCn1cc(CN2CC[C@@H](CNC(=O)c3cc(C)[nH]n3)C2)c(C)n1. The van der Waals surface area contributed by atoms with Crippen LogP contribution in [0, 0.1) is 19.8 Å². The van der Waals surface area contributed by atoms with Gasteiger partial charge in [0.15, 0.2) is 0 Å². The lowest BCUT2D eigenvalue weighted by Crippen LogP contribution is -2.31. The van der Waals surface area contributed by atoms with E-state index in [9.17, 15) is 4.79 Å². The Kier molecular flexibility index (Phi) is 4.99. The molecule has 0 unspecified atom stereocenters. The third-order valence-electron chi connectivity index (χ3n) is 4.63. The Morgan fingerprint density at radius 1 is 1.46 bits per heavy atom. The summed E-state index contributed by atoms with van der Waals surface area (Å²) in [5.74, 6) is 0.397. The van der Waals surface area contributed by atoms with Gasteiger partial charge in [-0.15, -0.1) is 0 Å². The van der Waals surface area contributed by atoms with Crippen LogP contribution < -0.4 is 5.32 Å². The van der Waals surface area contributed by atoms with Gasteiger partial charge in [-0.2, -0.15) is 10.2 Å². The average molecular weight is 330 g/mol. The molecule has 0 radical (unpaired) electrons. The Morgan fingerprint density at radius 3 is 2.96 bits per heavy atom. The molecule has 0 aliphatic carbocycles. The van der Waals surface area contributed by atoms with Gasteiger partial charge in [-0.05, 0) is 45.7 Å². The van der Waals surface area contributed by atoms with Gasteiger partial charge in [0.2, 0.25) is 0 Å². The van der Waals surface area contributed by atoms with E-state index in [1.54, 1.807) is 6.07 Å². The van der Waals surface area contributed by atoms with Gasteiger partial charge in [0.1, 0.15) is 5.69 Å². The van der Waals surface area contributed by atoms with Crippen molar-refractivity contribution in [3.63, 3.8) is 0 Å². The zero-order chi connectivity index (χ0) is 17.1. The second-order valence-corrected chi connectivity index (χ2v) is 6.63. The molecule has 0 saturated carbocycles. The summed E-state index contributed by atoms with van der Waals surface area (Å²) in [5, 5.41) is 14.3. The fraction of sp³-hybridized carbons (Fsp3) is 0.588. The first-order valence-electron chi connectivity index (χ1n) is 8.60. The number of hydrogen-bond donors (Lipinski definition) is 2. The first kappa shape index (κ1) is 16.7. The molecular formula is C17H26N6O. The molecule has 2 aromatic heterocycles. The molecule has 0 bridgehead atoms. The van der Waals surface area contributed by atoms with E-state index in [0.29, 0.717) is 18.2 Å². The highest BCUT2D eigenvalue weighted by Gasteiger charge is 2.24. The van der Waals surface area contributed by atoms with Crippen molar-refractivity contribution in [2.45, 2.75) is 40.3 Å². The predicted molar refractivity (Wildman–Crippen MR) is 91.7 cm³/mol. The maximum atomic E-state index is 12.0. The minimum Gasteiger partial charge on any atom is -0.350 e. The molecule has 1 saturated heterocycles. The fourth-order valence-electron chi connectivity index (χ4n) is 3.20. The molecule has 7 nitrogen and oxygen atoms in total. The van der Waals surface area contributed by atoms with Gasteiger partial charge in [0.05, 0.1) is 5.69 Å². The highest BCUT2D eigenvalue weighted by Crippen LogP contribution is 2.19. The number of carbonyl (C=O) groups is 1. The average Bonchev–Trinajstić information content (AvgIpc) is 3.27. The normalized spacial score (nSPS) is 18.2. The molecule has 24 heavy (non-hydrogen) atoms. The van der Waals surface area contributed by atoms with Crippen molar-refractivity contribution in [3.05, 3.63) is 34.9 Å². The molecule has 0 spiro atoms. The van der Waals surface area contributed by atoms with E-state index in [1.165, 1.54) is 5.56 Å². The smallest absolute Gasteiger partial charge is 0.271 e. The summed E-state index contributed by atoms with van der Waals surface area (Å²) in [4.78, 5) is 14.5. The number of hydrogen-bond acceptors (Lipinski definition) is 4. The molecule has 1 atom stereocenters. The lowest BCUT2D eigenvalue weighted by atomic mass is 10.1. The summed E-state index contributed by atoms with van der Waals surface area (Å²) in [7, 11) is 0. The predicted octanol–water partition coefficient (Wildman–Crippen LogP) is 1.49. The molecule has 1 aliphatic rings. The Morgan fingerprint density at radius 2 is 2.29 bits per heavy atom. The van der Waals surface area contributed by atoms with Crippen molar-refractivity contribution in [2.75, 3.05) is 19.6 Å². The number of carbonyl (C=O) groups excluding carboxylic acids is 1. The Labute approximate surface area is 142 Å². The van der Waals surface area contributed by atoms with Gasteiger partial charge in [0.25, 0.3) is 5.91 Å².